The second kappa shape index (κ2) is 6.10. The Bertz CT molecular complexity index is 244. The van der Waals surface area contributed by atoms with Gasteiger partial charge in [0.15, 0.2) is 0 Å². The summed E-state index contributed by atoms with van der Waals surface area (Å²) >= 11 is 3.34. The van der Waals surface area contributed by atoms with Crippen LogP contribution in [0.3, 0.4) is 0 Å². The van der Waals surface area contributed by atoms with Crippen LogP contribution in [0.4, 0.5) is 0 Å². The molecule has 0 N–H and O–H groups in total. The second-order valence-corrected chi connectivity index (χ2v) is 4.37. The fourth-order valence-corrected chi connectivity index (χ4v) is 2.02. The number of nitrogens with zero attached hydrogens (tertiary/aromatic N) is 2. The largest absolute Gasteiger partial charge is 0.333 e. The summed E-state index contributed by atoms with van der Waals surface area (Å²) in [5.74, 6) is -0.680. The lowest BCUT2D eigenvalue weighted by atomic mass is 10.2. The summed E-state index contributed by atoms with van der Waals surface area (Å²) in [5.41, 5.74) is 0. The zero-order valence-corrected chi connectivity index (χ0v) is 10.6. The highest BCUT2D eigenvalue weighted by atomic mass is 79.9. The van der Waals surface area contributed by atoms with Crippen LogP contribution < -0.4 is 0 Å². The topological polar surface area (TPSA) is 40.6 Å². The van der Waals surface area contributed by atoms with E-state index in [9.17, 15) is 9.59 Å². The lowest BCUT2D eigenvalue weighted by Gasteiger charge is -2.33. The minimum atomic E-state index is -0.345. The van der Waals surface area contributed by atoms with Gasteiger partial charge in [0.2, 0.25) is 0 Å². The van der Waals surface area contributed by atoms with E-state index in [2.05, 4.69) is 15.9 Å². The van der Waals surface area contributed by atoms with Gasteiger partial charge in [0.1, 0.15) is 0 Å². The van der Waals surface area contributed by atoms with Gasteiger partial charge in [0.05, 0.1) is 0 Å². The average molecular weight is 277 g/mol. The molecule has 1 rings (SSSR count). The van der Waals surface area contributed by atoms with Crippen LogP contribution in [-0.4, -0.2) is 53.1 Å². The lowest BCUT2D eigenvalue weighted by molar-refractivity contribution is -0.155. The number of rotatable bonds is 5. The predicted molar refractivity (Wildman–Crippen MR) is 61.9 cm³/mol. The quantitative estimate of drug-likeness (QED) is 0.425. The van der Waals surface area contributed by atoms with Crippen molar-refractivity contribution in [3.8, 4) is 0 Å². The highest BCUT2D eigenvalue weighted by Gasteiger charge is 2.30. The molecule has 0 unspecified atom stereocenters. The number of unbranched alkanes of at least 4 members (excludes halogenated alkanes) is 1. The molecule has 0 aromatic rings. The van der Waals surface area contributed by atoms with Gasteiger partial charge in [-0.15, -0.1) is 0 Å². The van der Waals surface area contributed by atoms with Crippen LogP contribution in [0, 0.1) is 0 Å². The van der Waals surface area contributed by atoms with Crippen molar-refractivity contribution in [1.29, 1.82) is 0 Å². The standard InChI is InChI=1S/C10H17BrN2O2/c1-2-12-7-8-13(6-4-3-5-11)10(15)9(12)14/h2-8H2,1H3. The highest BCUT2D eigenvalue weighted by molar-refractivity contribution is 9.09. The lowest BCUT2D eigenvalue weighted by Crippen LogP contribution is -2.54. The predicted octanol–water partition coefficient (Wildman–Crippen LogP) is 0.852. The fourth-order valence-electron chi connectivity index (χ4n) is 1.63. The van der Waals surface area contributed by atoms with E-state index in [-0.39, 0.29) is 11.8 Å². The maximum absolute atomic E-state index is 11.6. The van der Waals surface area contributed by atoms with Gasteiger partial charge in [-0.05, 0) is 19.8 Å². The monoisotopic (exact) mass is 276 g/mol. The summed E-state index contributed by atoms with van der Waals surface area (Å²) in [7, 11) is 0. The third-order valence-corrected chi connectivity index (χ3v) is 3.15. The summed E-state index contributed by atoms with van der Waals surface area (Å²) in [5, 5.41) is 0.948. The van der Waals surface area contributed by atoms with E-state index in [1.54, 1.807) is 9.80 Å². The van der Waals surface area contributed by atoms with E-state index < -0.39 is 0 Å². The van der Waals surface area contributed by atoms with E-state index in [1.807, 2.05) is 6.92 Å². The number of alkyl halides is 1. The Morgan fingerprint density at radius 3 is 2.33 bits per heavy atom. The first-order valence-electron chi connectivity index (χ1n) is 5.34. The molecule has 0 aromatic heterocycles. The van der Waals surface area contributed by atoms with Gasteiger partial charge < -0.3 is 9.80 Å². The molecule has 0 saturated carbocycles. The van der Waals surface area contributed by atoms with E-state index in [0.717, 1.165) is 18.2 Å². The number of carbonyl (C=O) groups is 2. The van der Waals surface area contributed by atoms with Crippen molar-refractivity contribution in [3.05, 3.63) is 0 Å². The van der Waals surface area contributed by atoms with Crippen molar-refractivity contribution in [2.75, 3.05) is 31.5 Å². The number of likely N-dealkylation sites (N-methyl/N-ethyl adjacent to an activating group) is 1. The number of piperazine rings is 1. The molecule has 86 valence electrons. The third-order valence-electron chi connectivity index (χ3n) is 2.59. The molecule has 0 aliphatic carbocycles. The molecular formula is C10H17BrN2O2. The van der Waals surface area contributed by atoms with Crippen molar-refractivity contribution < 1.29 is 9.59 Å². The first-order valence-corrected chi connectivity index (χ1v) is 6.47. The van der Waals surface area contributed by atoms with Crippen molar-refractivity contribution >= 4 is 27.7 Å². The molecule has 1 heterocycles. The molecule has 1 saturated heterocycles. The molecule has 1 fully saturated rings. The summed E-state index contributed by atoms with van der Waals surface area (Å²) in [6.07, 6.45) is 1.99. The SMILES string of the molecule is CCN1CCN(CCCCBr)C(=O)C1=O. The van der Waals surface area contributed by atoms with Gasteiger partial charge in [0, 0.05) is 31.5 Å². The van der Waals surface area contributed by atoms with Crippen LogP contribution in [0.5, 0.6) is 0 Å². The second-order valence-electron chi connectivity index (χ2n) is 3.57. The Hall–Kier alpha value is -0.580. The molecule has 5 heteroatoms. The Kier molecular flexibility index (Phi) is 5.08. The van der Waals surface area contributed by atoms with E-state index in [4.69, 9.17) is 0 Å². The van der Waals surface area contributed by atoms with E-state index in [0.29, 0.717) is 26.2 Å². The zero-order valence-electron chi connectivity index (χ0n) is 9.04. The molecule has 0 aromatic carbocycles. The molecule has 0 bridgehead atoms. The van der Waals surface area contributed by atoms with Gasteiger partial charge in [-0.3, -0.25) is 9.59 Å². The Morgan fingerprint density at radius 1 is 1.13 bits per heavy atom. The maximum Gasteiger partial charge on any atom is 0.312 e. The van der Waals surface area contributed by atoms with Crippen molar-refractivity contribution in [2.45, 2.75) is 19.8 Å². The highest BCUT2D eigenvalue weighted by Crippen LogP contribution is 2.06. The molecule has 1 aliphatic rings. The van der Waals surface area contributed by atoms with Crippen LogP contribution in [0.2, 0.25) is 0 Å². The maximum atomic E-state index is 11.6. The van der Waals surface area contributed by atoms with Crippen LogP contribution in [-0.2, 0) is 9.59 Å². The Labute approximate surface area is 98.7 Å². The Morgan fingerprint density at radius 2 is 1.73 bits per heavy atom. The molecule has 0 atom stereocenters. The summed E-state index contributed by atoms with van der Waals surface area (Å²) in [6, 6.07) is 0. The van der Waals surface area contributed by atoms with E-state index >= 15 is 0 Å². The summed E-state index contributed by atoms with van der Waals surface area (Å²) in [4.78, 5) is 26.4. The summed E-state index contributed by atoms with van der Waals surface area (Å²) in [6.45, 7) is 4.58. The zero-order chi connectivity index (χ0) is 11.3. The van der Waals surface area contributed by atoms with Crippen LogP contribution in [0.25, 0.3) is 0 Å². The normalized spacial score (nSPS) is 17.5. The van der Waals surface area contributed by atoms with Gasteiger partial charge >= 0.3 is 11.8 Å². The number of halogens is 1. The van der Waals surface area contributed by atoms with Crippen LogP contribution >= 0.6 is 15.9 Å². The van der Waals surface area contributed by atoms with Crippen molar-refractivity contribution in [3.63, 3.8) is 0 Å². The average Bonchev–Trinajstić information content (AvgIpc) is 2.25. The molecule has 0 spiro atoms. The van der Waals surface area contributed by atoms with Gasteiger partial charge in [0.25, 0.3) is 0 Å². The molecule has 1 aliphatic heterocycles. The van der Waals surface area contributed by atoms with Crippen LogP contribution in [0.15, 0.2) is 0 Å². The smallest absolute Gasteiger partial charge is 0.312 e. The number of hydrogen-bond acceptors (Lipinski definition) is 2. The molecule has 4 nitrogen and oxygen atoms in total. The number of carbonyl (C=O) groups excluding carboxylic acids is 2. The third kappa shape index (κ3) is 3.19. The van der Waals surface area contributed by atoms with Crippen molar-refractivity contribution in [1.82, 2.24) is 9.80 Å². The summed E-state index contributed by atoms with van der Waals surface area (Å²) < 4.78 is 0. The molecule has 0 radical (unpaired) electrons. The van der Waals surface area contributed by atoms with Gasteiger partial charge in [-0.25, -0.2) is 0 Å². The van der Waals surface area contributed by atoms with E-state index in [1.165, 1.54) is 0 Å². The molecule has 2 amide bonds. The molecule has 15 heavy (non-hydrogen) atoms. The Balaban J connectivity index is 2.42. The van der Waals surface area contributed by atoms with Crippen LogP contribution in [0.1, 0.15) is 19.8 Å². The first kappa shape index (κ1) is 12.5. The number of hydrogen-bond donors (Lipinski definition) is 0. The van der Waals surface area contributed by atoms with Gasteiger partial charge in [-0.1, -0.05) is 15.9 Å². The fraction of sp³-hybridized carbons (Fsp3) is 0.800. The minimum absolute atomic E-state index is 0.335. The van der Waals surface area contributed by atoms with Crippen molar-refractivity contribution in [2.24, 2.45) is 0 Å². The molecular weight excluding hydrogens is 260 g/mol. The number of amides is 2. The minimum Gasteiger partial charge on any atom is -0.333 e. The van der Waals surface area contributed by atoms with Gasteiger partial charge in [-0.2, -0.15) is 0 Å². The first-order chi connectivity index (χ1) is 7.20.